The van der Waals surface area contributed by atoms with E-state index in [1.165, 1.54) is 12.1 Å². The lowest BCUT2D eigenvalue weighted by Gasteiger charge is -2.22. The molecule has 5 nitrogen and oxygen atoms in total. The second-order valence-electron chi connectivity index (χ2n) is 6.93. The Morgan fingerprint density at radius 1 is 1.33 bits per heavy atom. The van der Waals surface area contributed by atoms with Crippen LogP contribution in [0.3, 0.4) is 0 Å². The maximum Gasteiger partial charge on any atom is 0.257 e. The van der Waals surface area contributed by atoms with Gasteiger partial charge in [-0.2, -0.15) is 5.10 Å². The molecule has 0 bridgehead atoms. The molecule has 1 saturated heterocycles. The summed E-state index contributed by atoms with van der Waals surface area (Å²) in [6.45, 7) is 7.77. The highest BCUT2D eigenvalue weighted by Crippen LogP contribution is 2.30. The Labute approximate surface area is 141 Å². The van der Waals surface area contributed by atoms with Crippen molar-refractivity contribution in [3.63, 3.8) is 0 Å². The molecule has 6 heteroatoms. The summed E-state index contributed by atoms with van der Waals surface area (Å²) in [6.07, 6.45) is 0.916. The number of halogens is 1. The SMILES string of the molecule is Cc1nn(-c2ccc(F)cc2)c(C)c1C(=O)N1CCC(C)(CN)C1. The largest absolute Gasteiger partial charge is 0.338 e. The molecule has 24 heavy (non-hydrogen) atoms. The number of hydrogen-bond acceptors (Lipinski definition) is 3. The lowest BCUT2D eigenvalue weighted by molar-refractivity contribution is 0.0775. The van der Waals surface area contributed by atoms with Gasteiger partial charge in [-0.05, 0) is 56.5 Å². The summed E-state index contributed by atoms with van der Waals surface area (Å²) in [7, 11) is 0. The number of likely N-dealkylation sites (tertiary alicyclic amines) is 1. The van der Waals surface area contributed by atoms with Crippen molar-refractivity contribution in [1.82, 2.24) is 14.7 Å². The Kier molecular flexibility index (Phi) is 4.17. The van der Waals surface area contributed by atoms with E-state index in [0.29, 0.717) is 30.9 Å². The van der Waals surface area contributed by atoms with Gasteiger partial charge in [-0.15, -0.1) is 0 Å². The summed E-state index contributed by atoms with van der Waals surface area (Å²) >= 11 is 0. The Balaban J connectivity index is 1.92. The van der Waals surface area contributed by atoms with Crippen LogP contribution in [0.5, 0.6) is 0 Å². The zero-order chi connectivity index (χ0) is 17.5. The van der Waals surface area contributed by atoms with Gasteiger partial charge in [0, 0.05) is 13.1 Å². The monoisotopic (exact) mass is 330 g/mol. The molecule has 3 rings (SSSR count). The van der Waals surface area contributed by atoms with Crippen LogP contribution in [0, 0.1) is 25.1 Å². The van der Waals surface area contributed by atoms with Crippen LogP contribution in [0.2, 0.25) is 0 Å². The smallest absolute Gasteiger partial charge is 0.257 e. The zero-order valence-corrected chi connectivity index (χ0v) is 14.3. The van der Waals surface area contributed by atoms with Crippen LogP contribution >= 0.6 is 0 Å². The minimum atomic E-state index is -0.297. The minimum absolute atomic E-state index is 0.00413. The average molecular weight is 330 g/mol. The fraction of sp³-hybridized carbons (Fsp3) is 0.444. The van der Waals surface area contributed by atoms with E-state index in [9.17, 15) is 9.18 Å². The van der Waals surface area contributed by atoms with Gasteiger partial charge in [0.15, 0.2) is 0 Å². The zero-order valence-electron chi connectivity index (χ0n) is 14.3. The van der Waals surface area contributed by atoms with Crippen LogP contribution in [0.15, 0.2) is 24.3 Å². The predicted octanol–water partition coefficient (Wildman–Crippen LogP) is 2.44. The van der Waals surface area contributed by atoms with E-state index in [-0.39, 0.29) is 17.1 Å². The molecule has 0 radical (unpaired) electrons. The highest BCUT2D eigenvalue weighted by atomic mass is 19.1. The first-order valence-electron chi connectivity index (χ1n) is 8.16. The third-order valence-electron chi connectivity index (χ3n) is 4.91. The van der Waals surface area contributed by atoms with Crippen molar-refractivity contribution >= 4 is 5.91 Å². The van der Waals surface area contributed by atoms with E-state index in [2.05, 4.69) is 12.0 Å². The molecule has 0 aliphatic carbocycles. The fourth-order valence-electron chi connectivity index (χ4n) is 3.31. The summed E-state index contributed by atoms with van der Waals surface area (Å²) < 4.78 is 14.8. The van der Waals surface area contributed by atoms with Gasteiger partial charge in [0.2, 0.25) is 0 Å². The Morgan fingerprint density at radius 2 is 2.00 bits per heavy atom. The number of benzene rings is 1. The van der Waals surface area contributed by atoms with Gasteiger partial charge in [0.25, 0.3) is 5.91 Å². The van der Waals surface area contributed by atoms with E-state index < -0.39 is 0 Å². The molecule has 1 fully saturated rings. The van der Waals surface area contributed by atoms with Crippen LogP contribution in [0.25, 0.3) is 5.69 Å². The van der Waals surface area contributed by atoms with Gasteiger partial charge in [0.05, 0.1) is 22.6 Å². The lowest BCUT2D eigenvalue weighted by atomic mass is 9.90. The number of rotatable bonds is 3. The summed E-state index contributed by atoms with van der Waals surface area (Å²) in [5.41, 5.74) is 8.64. The molecule has 1 aliphatic rings. The van der Waals surface area contributed by atoms with E-state index in [0.717, 1.165) is 17.8 Å². The standard InChI is InChI=1S/C18H23FN4O/c1-12-16(17(24)22-9-8-18(3,10-20)11-22)13(2)23(21-12)15-6-4-14(19)5-7-15/h4-7H,8-11,20H2,1-3H3. The van der Waals surface area contributed by atoms with Crippen molar-refractivity contribution in [1.29, 1.82) is 0 Å². The number of aryl methyl sites for hydroxylation is 1. The van der Waals surface area contributed by atoms with Crippen LogP contribution in [-0.4, -0.2) is 40.2 Å². The number of nitrogens with zero attached hydrogens (tertiary/aromatic N) is 3. The van der Waals surface area contributed by atoms with Gasteiger partial charge >= 0.3 is 0 Å². The molecule has 1 aromatic heterocycles. The number of carbonyl (C=O) groups is 1. The maximum atomic E-state index is 13.1. The Hall–Kier alpha value is -2.21. The topological polar surface area (TPSA) is 64.2 Å². The molecular weight excluding hydrogens is 307 g/mol. The van der Waals surface area contributed by atoms with Crippen molar-refractivity contribution < 1.29 is 9.18 Å². The molecule has 2 aromatic rings. The van der Waals surface area contributed by atoms with Crippen molar-refractivity contribution in [2.75, 3.05) is 19.6 Å². The quantitative estimate of drug-likeness (QED) is 0.940. The number of carbonyl (C=O) groups excluding carboxylic acids is 1. The normalized spacial score (nSPS) is 20.6. The van der Waals surface area contributed by atoms with Gasteiger partial charge in [-0.1, -0.05) is 6.92 Å². The molecule has 128 valence electrons. The number of hydrogen-bond donors (Lipinski definition) is 1. The van der Waals surface area contributed by atoms with Crippen LogP contribution in [0.1, 0.15) is 35.1 Å². The molecule has 1 unspecified atom stereocenters. The minimum Gasteiger partial charge on any atom is -0.338 e. The summed E-state index contributed by atoms with van der Waals surface area (Å²) in [6, 6.07) is 6.09. The van der Waals surface area contributed by atoms with Crippen molar-refractivity contribution in [3.05, 3.63) is 47.0 Å². The summed E-state index contributed by atoms with van der Waals surface area (Å²) in [5.74, 6) is -0.301. The first kappa shape index (κ1) is 16.6. The third-order valence-corrected chi connectivity index (χ3v) is 4.91. The van der Waals surface area contributed by atoms with Gasteiger partial charge < -0.3 is 10.6 Å². The molecular formula is C18H23FN4O. The summed E-state index contributed by atoms with van der Waals surface area (Å²) in [4.78, 5) is 14.8. The number of aromatic nitrogens is 2. The van der Waals surface area contributed by atoms with E-state index in [4.69, 9.17) is 5.73 Å². The van der Waals surface area contributed by atoms with E-state index >= 15 is 0 Å². The first-order chi connectivity index (χ1) is 11.3. The molecule has 0 saturated carbocycles. The van der Waals surface area contributed by atoms with E-state index in [1.807, 2.05) is 18.7 Å². The third kappa shape index (κ3) is 2.82. The molecule has 2 heterocycles. The summed E-state index contributed by atoms with van der Waals surface area (Å²) in [5, 5.41) is 4.48. The Morgan fingerprint density at radius 3 is 2.58 bits per heavy atom. The van der Waals surface area contributed by atoms with Crippen LogP contribution in [-0.2, 0) is 0 Å². The second-order valence-corrected chi connectivity index (χ2v) is 6.93. The Bertz CT molecular complexity index is 768. The van der Waals surface area contributed by atoms with Crippen molar-refractivity contribution in [2.45, 2.75) is 27.2 Å². The van der Waals surface area contributed by atoms with Crippen LogP contribution < -0.4 is 5.73 Å². The molecule has 1 atom stereocenters. The molecule has 2 N–H and O–H groups in total. The molecule has 1 aliphatic heterocycles. The number of amides is 1. The maximum absolute atomic E-state index is 13.1. The van der Waals surface area contributed by atoms with Crippen LogP contribution in [0.4, 0.5) is 4.39 Å². The van der Waals surface area contributed by atoms with Gasteiger partial charge in [-0.3, -0.25) is 4.79 Å². The first-order valence-corrected chi connectivity index (χ1v) is 8.16. The van der Waals surface area contributed by atoms with Crippen molar-refractivity contribution in [3.8, 4) is 5.69 Å². The highest BCUT2D eigenvalue weighted by molar-refractivity contribution is 5.96. The number of nitrogens with two attached hydrogens (primary N) is 1. The molecule has 1 amide bonds. The average Bonchev–Trinajstić information content (AvgIpc) is 3.09. The lowest BCUT2D eigenvalue weighted by Crippen LogP contribution is -2.34. The fourth-order valence-corrected chi connectivity index (χ4v) is 3.31. The second kappa shape index (κ2) is 6.02. The molecule has 1 aromatic carbocycles. The molecule has 0 spiro atoms. The highest BCUT2D eigenvalue weighted by Gasteiger charge is 2.36. The predicted molar refractivity (Wildman–Crippen MR) is 90.7 cm³/mol. The van der Waals surface area contributed by atoms with Gasteiger partial charge in [-0.25, -0.2) is 9.07 Å². The van der Waals surface area contributed by atoms with E-state index in [1.54, 1.807) is 16.8 Å². The van der Waals surface area contributed by atoms with Gasteiger partial charge in [0.1, 0.15) is 5.82 Å². The van der Waals surface area contributed by atoms with Crippen molar-refractivity contribution in [2.24, 2.45) is 11.1 Å².